The molecular weight excluding hydrogens is 355 g/mol. The summed E-state index contributed by atoms with van der Waals surface area (Å²) < 4.78 is 0. The molecule has 0 fully saturated rings. The lowest BCUT2D eigenvalue weighted by molar-refractivity contribution is 1.11. The van der Waals surface area contributed by atoms with Gasteiger partial charge in [0.2, 0.25) is 0 Å². The summed E-state index contributed by atoms with van der Waals surface area (Å²) in [4.78, 5) is 0. The Morgan fingerprint density at radius 1 is 0.708 bits per heavy atom. The van der Waals surface area contributed by atoms with E-state index < -0.39 is 0 Å². The first-order valence-electron chi connectivity index (χ1n) is 6.68. The molecule has 4 heterocycles. The van der Waals surface area contributed by atoms with Gasteiger partial charge in [-0.3, -0.25) is 0 Å². The summed E-state index contributed by atoms with van der Waals surface area (Å²) in [5.41, 5.74) is 9.71. The van der Waals surface area contributed by atoms with Gasteiger partial charge in [-0.05, 0) is 10.4 Å². The van der Waals surface area contributed by atoms with Gasteiger partial charge in [0.15, 0.2) is 0 Å². The molecule has 4 aromatic rings. The molecule has 0 aliphatic carbocycles. The normalized spacial score (nSPS) is 14.8. The molecule has 24 heavy (non-hydrogen) atoms. The highest BCUT2D eigenvalue weighted by Crippen LogP contribution is 2.54. The van der Waals surface area contributed by atoms with Crippen LogP contribution in [0.15, 0.2) is 20.7 Å². The van der Waals surface area contributed by atoms with Crippen molar-refractivity contribution >= 4 is 78.8 Å². The lowest BCUT2D eigenvalue weighted by Crippen LogP contribution is -1.94. The summed E-state index contributed by atoms with van der Waals surface area (Å²) in [7, 11) is 0. The number of benzene rings is 2. The summed E-state index contributed by atoms with van der Waals surface area (Å²) in [6.07, 6.45) is 0. The highest BCUT2D eigenvalue weighted by Gasteiger charge is 2.32. The Labute approximate surface area is 141 Å². The second-order valence-electron chi connectivity index (χ2n) is 5.30. The molecule has 0 saturated heterocycles. The van der Waals surface area contributed by atoms with Gasteiger partial charge in [0.1, 0.15) is 39.1 Å². The zero-order chi connectivity index (χ0) is 16.2. The number of halogens is 2. The van der Waals surface area contributed by atoms with Crippen LogP contribution in [0.4, 0.5) is 22.7 Å². The number of aromatic nitrogens is 4. The third kappa shape index (κ3) is 1.22. The minimum absolute atomic E-state index is 0.256. The molecule has 0 unspecified atom stereocenters. The molecule has 2 aromatic carbocycles. The van der Waals surface area contributed by atoms with Crippen LogP contribution >= 0.6 is 23.2 Å². The summed E-state index contributed by atoms with van der Waals surface area (Å²) >= 11 is 12.9. The number of azo groups is 1. The van der Waals surface area contributed by atoms with Crippen molar-refractivity contribution in [3.63, 3.8) is 0 Å². The van der Waals surface area contributed by atoms with Crippen LogP contribution in [0.25, 0.3) is 32.8 Å². The van der Waals surface area contributed by atoms with E-state index in [1.54, 1.807) is 0 Å². The maximum absolute atomic E-state index is 6.49. The van der Waals surface area contributed by atoms with Crippen molar-refractivity contribution in [3.8, 4) is 0 Å². The van der Waals surface area contributed by atoms with Crippen LogP contribution < -0.4 is 10.9 Å². The Bertz CT molecular complexity index is 1290. The first kappa shape index (κ1) is 12.4. The number of nitrogens with zero attached hydrogens (tertiary/aromatic N) is 9. The number of anilines is 2. The summed E-state index contributed by atoms with van der Waals surface area (Å²) in [5.74, 6) is 0. The largest absolute Gasteiger partial charge is 0.396 e. The van der Waals surface area contributed by atoms with E-state index >= 15 is 0 Å². The number of fused-ring (bicyclic) bond motifs is 3. The van der Waals surface area contributed by atoms with Gasteiger partial charge in [-0.2, -0.15) is 0 Å². The number of nitrogen functional groups attached to an aromatic ring is 1. The fourth-order valence-electron chi connectivity index (χ4n) is 2.97. The molecule has 2 aliphatic heterocycles. The Balaban J connectivity index is 1.97. The zero-order valence-electron chi connectivity index (χ0n) is 11.4. The molecular formula is C12H2Cl2N10. The fraction of sp³-hybridized carbons (Fsp3) is 0. The average Bonchev–Trinajstić information content (AvgIpc) is 3.30. The Morgan fingerprint density at radius 2 is 1.33 bits per heavy atom. The average molecular weight is 357 g/mol. The van der Waals surface area contributed by atoms with Crippen LogP contribution in [0.5, 0.6) is 0 Å². The van der Waals surface area contributed by atoms with E-state index in [2.05, 4.69) is 41.1 Å². The molecule has 0 saturated carbocycles. The van der Waals surface area contributed by atoms with Crippen molar-refractivity contribution < 1.29 is 0 Å². The molecule has 12 heteroatoms. The highest BCUT2D eigenvalue weighted by molar-refractivity contribution is 6.44. The van der Waals surface area contributed by atoms with Crippen LogP contribution in [0.3, 0.4) is 0 Å². The van der Waals surface area contributed by atoms with Crippen LogP contribution in [0.1, 0.15) is 0 Å². The van der Waals surface area contributed by atoms with Gasteiger partial charge in [-0.15, -0.1) is 35.7 Å². The number of hydrogen-bond donors (Lipinski definition) is 1. The minimum atomic E-state index is 0.256. The van der Waals surface area contributed by atoms with E-state index in [0.717, 1.165) is 0 Å². The van der Waals surface area contributed by atoms with Gasteiger partial charge in [0, 0.05) is 10.8 Å². The molecule has 10 nitrogen and oxygen atoms in total. The maximum atomic E-state index is 6.49. The van der Waals surface area contributed by atoms with Crippen LogP contribution in [-0.4, -0.2) is 20.4 Å². The topological polar surface area (TPSA) is 130 Å². The van der Waals surface area contributed by atoms with Crippen molar-refractivity contribution in [3.05, 3.63) is 10.0 Å². The summed E-state index contributed by atoms with van der Waals surface area (Å²) in [6, 6.07) is 0. The van der Waals surface area contributed by atoms with Gasteiger partial charge >= 0.3 is 0 Å². The van der Waals surface area contributed by atoms with Gasteiger partial charge in [-0.1, -0.05) is 23.2 Å². The molecule has 0 amide bonds. The predicted octanol–water partition coefficient (Wildman–Crippen LogP) is 3.88. The van der Waals surface area contributed by atoms with Crippen LogP contribution in [0.2, 0.25) is 10.0 Å². The first-order chi connectivity index (χ1) is 11.7. The molecule has 4 bridgehead atoms. The second-order valence-corrected chi connectivity index (χ2v) is 6.06. The lowest BCUT2D eigenvalue weighted by atomic mass is 10.0. The Morgan fingerprint density at radius 3 is 2.00 bits per heavy atom. The van der Waals surface area contributed by atoms with Gasteiger partial charge in [0.25, 0.3) is 0 Å². The van der Waals surface area contributed by atoms with Crippen molar-refractivity contribution in [2.45, 2.75) is 0 Å². The molecule has 2 aliphatic rings. The van der Waals surface area contributed by atoms with Crippen molar-refractivity contribution in [1.29, 1.82) is 0 Å². The van der Waals surface area contributed by atoms with E-state index in [9.17, 15) is 0 Å². The molecule has 0 radical (unpaired) electrons. The SMILES string of the molecule is Nc1c2c(c3c(nnc4c(N5N=N5)c(Cl)c5nnc4c53)c1Cl)N=N2. The van der Waals surface area contributed by atoms with Gasteiger partial charge < -0.3 is 5.73 Å². The van der Waals surface area contributed by atoms with E-state index in [0.29, 0.717) is 60.6 Å². The van der Waals surface area contributed by atoms with Crippen LogP contribution in [-0.2, 0) is 0 Å². The summed E-state index contributed by atoms with van der Waals surface area (Å²) in [5, 5.41) is 35.6. The molecule has 0 spiro atoms. The van der Waals surface area contributed by atoms with Crippen molar-refractivity contribution in [2.75, 3.05) is 10.9 Å². The Hall–Kier alpha value is -2.98. The van der Waals surface area contributed by atoms with Crippen molar-refractivity contribution in [1.82, 2.24) is 20.4 Å². The van der Waals surface area contributed by atoms with Crippen molar-refractivity contribution in [2.24, 2.45) is 20.7 Å². The first-order valence-corrected chi connectivity index (χ1v) is 7.44. The predicted molar refractivity (Wildman–Crippen MR) is 87.3 cm³/mol. The molecule has 114 valence electrons. The highest BCUT2D eigenvalue weighted by atomic mass is 35.5. The number of hydrogen-bond acceptors (Lipinski definition) is 10. The van der Waals surface area contributed by atoms with Crippen LogP contribution in [0, 0.1) is 0 Å². The quantitative estimate of drug-likeness (QED) is 0.453. The lowest BCUT2D eigenvalue weighted by Gasteiger charge is -2.14. The minimum Gasteiger partial charge on any atom is -0.396 e. The van der Waals surface area contributed by atoms with Gasteiger partial charge in [-0.25, -0.2) is 0 Å². The number of nitrogens with two attached hydrogens (primary N) is 1. The molecule has 0 atom stereocenters. The van der Waals surface area contributed by atoms with E-state index in [-0.39, 0.29) is 5.02 Å². The van der Waals surface area contributed by atoms with E-state index in [1.165, 1.54) is 5.12 Å². The standard InChI is InChI=1S/C12H2Cl2N10/c13-3-5(15)10-8(18-20-10)1-2-7-4(14)12(24-22-23-24)11(9(2)19-17-7)21-16-6(1)3/h15H2. The van der Waals surface area contributed by atoms with E-state index in [4.69, 9.17) is 28.9 Å². The zero-order valence-corrected chi connectivity index (χ0v) is 12.9. The fourth-order valence-corrected chi connectivity index (χ4v) is 3.49. The van der Waals surface area contributed by atoms with Gasteiger partial charge in [0.05, 0.1) is 15.7 Å². The number of rotatable bonds is 1. The second kappa shape index (κ2) is 3.74. The molecule has 6 rings (SSSR count). The maximum Gasteiger partial charge on any atom is 0.143 e. The van der Waals surface area contributed by atoms with E-state index in [1.807, 2.05) is 0 Å². The molecule has 2 aromatic heterocycles. The monoisotopic (exact) mass is 356 g/mol. The summed E-state index contributed by atoms with van der Waals surface area (Å²) in [6.45, 7) is 0. The third-order valence-corrected chi connectivity index (χ3v) is 4.85. The Kier molecular flexibility index (Phi) is 1.94. The molecule has 2 N–H and O–H groups in total. The third-order valence-electron chi connectivity index (χ3n) is 4.11. The smallest absolute Gasteiger partial charge is 0.143 e.